The summed E-state index contributed by atoms with van der Waals surface area (Å²) >= 11 is 0. The number of halogens is 14. The molecule has 0 amide bonds. The molecule has 0 saturated carbocycles. The summed E-state index contributed by atoms with van der Waals surface area (Å²) in [6, 6.07) is 0. The number of alkyl halides is 14. The van der Waals surface area contributed by atoms with E-state index in [9.17, 15) is 69.9 Å². The molecule has 0 aliphatic heterocycles. The van der Waals surface area contributed by atoms with Crippen LogP contribution in [0.1, 0.15) is 32.1 Å². The largest absolute Gasteiger partial charge is 0.438 e. The van der Waals surface area contributed by atoms with Gasteiger partial charge in [-0.05, 0) is 12.8 Å². The average molecular weight is 502 g/mol. The smallest absolute Gasteiger partial charge is 0.281 e. The van der Waals surface area contributed by atoms with Crippen molar-refractivity contribution in [1.29, 1.82) is 0 Å². The number of unbranched alkanes of at least 4 members (excludes halogenated alkanes) is 2. The van der Waals surface area contributed by atoms with Crippen LogP contribution in [0.4, 0.5) is 61.5 Å². The second-order valence-electron chi connectivity index (χ2n) is 6.02. The quantitative estimate of drug-likeness (QED) is 0.219. The van der Waals surface area contributed by atoms with E-state index in [0.29, 0.717) is 0 Å². The molecule has 1 atom stereocenters. The summed E-state index contributed by atoms with van der Waals surface area (Å²) in [6.45, 7) is 0. The van der Waals surface area contributed by atoms with Crippen LogP contribution in [0.5, 0.6) is 0 Å². The molecule has 0 fully saturated rings. The topological polar surface area (TPSA) is 54.4 Å². The van der Waals surface area contributed by atoms with Crippen LogP contribution in [0.2, 0.25) is 0 Å². The zero-order valence-corrected chi connectivity index (χ0v) is 14.9. The second-order valence-corrected chi connectivity index (χ2v) is 7.48. The van der Waals surface area contributed by atoms with Gasteiger partial charge >= 0.3 is 45.2 Å². The van der Waals surface area contributed by atoms with Crippen molar-refractivity contribution in [3.63, 3.8) is 0 Å². The van der Waals surface area contributed by atoms with E-state index in [1.54, 1.807) is 0 Å². The predicted octanol–water partition coefficient (Wildman–Crippen LogP) is 5.86. The summed E-state index contributed by atoms with van der Waals surface area (Å²) in [6.07, 6.45) is -15.0. The molecule has 0 spiro atoms. The highest BCUT2D eigenvalue weighted by molar-refractivity contribution is 7.87. The molecule has 0 bridgehead atoms. The lowest BCUT2D eigenvalue weighted by Gasteiger charge is -2.39. The summed E-state index contributed by atoms with van der Waals surface area (Å²) in [5.41, 5.74) is 0. The minimum absolute atomic E-state index is 0.727. The Balaban J connectivity index is 5.64. The third-order valence-electron chi connectivity index (χ3n) is 3.71. The fourth-order valence-corrected chi connectivity index (χ4v) is 2.41. The first-order valence-electron chi connectivity index (χ1n) is 7.45. The molecule has 0 aromatic heterocycles. The number of hydrogen-bond donors (Lipinski definition) is 1. The lowest BCUT2D eigenvalue weighted by Crippen LogP contribution is -2.70. The van der Waals surface area contributed by atoms with E-state index in [1.807, 2.05) is 0 Å². The molecule has 0 aromatic rings. The van der Waals surface area contributed by atoms with Crippen molar-refractivity contribution in [1.82, 2.24) is 0 Å². The Morgan fingerprint density at radius 3 is 1.47 bits per heavy atom. The third kappa shape index (κ3) is 5.21. The number of rotatable bonds is 11. The molecule has 0 aliphatic rings. The summed E-state index contributed by atoms with van der Waals surface area (Å²) in [5, 5.41) is -7.38. The van der Waals surface area contributed by atoms with Gasteiger partial charge in [0.2, 0.25) is 0 Å². The van der Waals surface area contributed by atoms with Gasteiger partial charge in [0.1, 0.15) is 0 Å². The van der Waals surface area contributed by atoms with Crippen molar-refractivity contribution >= 4 is 10.1 Å². The molecule has 0 rings (SSSR count). The Hall–Kier alpha value is -1.07. The van der Waals surface area contributed by atoms with Gasteiger partial charge in [0.15, 0.2) is 6.17 Å². The highest BCUT2D eigenvalue weighted by atomic mass is 32.2. The van der Waals surface area contributed by atoms with Gasteiger partial charge in [-0.3, -0.25) is 4.55 Å². The standard InChI is InChI=1S/C12H12F14O3S/c13-6(4-2-1-3-5-7(14,15)16)8(17,18)9(19,20)10(21,22)11(23,24)12(25,26)30(27,28)29/h6H,1-5H2,(H,27,28,29). The van der Waals surface area contributed by atoms with Gasteiger partial charge in [-0.2, -0.15) is 65.5 Å². The molecule has 18 heteroatoms. The Labute approximate surface area is 159 Å². The molecular formula is C12H12F14O3S. The SMILES string of the molecule is O=S(=O)(O)C(F)(F)C(F)(F)C(F)(F)C(F)(F)C(F)(F)C(F)CCCCCC(F)(F)F. The number of hydrogen-bond acceptors (Lipinski definition) is 2. The highest BCUT2D eigenvalue weighted by Crippen LogP contribution is 2.59. The molecule has 182 valence electrons. The first kappa shape index (κ1) is 28.9. The first-order chi connectivity index (χ1) is 12.9. The van der Waals surface area contributed by atoms with Gasteiger partial charge in [-0.1, -0.05) is 12.8 Å². The Morgan fingerprint density at radius 1 is 0.667 bits per heavy atom. The molecule has 1 unspecified atom stereocenters. The van der Waals surface area contributed by atoms with E-state index < -0.39 is 83.5 Å². The molecular weight excluding hydrogens is 490 g/mol. The predicted molar refractivity (Wildman–Crippen MR) is 70.3 cm³/mol. The van der Waals surface area contributed by atoms with Crippen LogP contribution in [-0.2, 0) is 10.1 Å². The zero-order chi connectivity index (χ0) is 24.6. The van der Waals surface area contributed by atoms with Crippen LogP contribution in [-0.4, -0.2) is 54.3 Å². The molecule has 0 aliphatic carbocycles. The minimum Gasteiger partial charge on any atom is -0.281 e. The summed E-state index contributed by atoms with van der Waals surface area (Å²) in [7, 11) is -7.53. The van der Waals surface area contributed by atoms with Crippen molar-refractivity contribution in [2.24, 2.45) is 0 Å². The Kier molecular flexibility index (Phi) is 8.16. The van der Waals surface area contributed by atoms with Crippen molar-refractivity contribution in [3.05, 3.63) is 0 Å². The van der Waals surface area contributed by atoms with Gasteiger partial charge in [0.25, 0.3) is 0 Å². The first-order valence-corrected chi connectivity index (χ1v) is 8.89. The summed E-state index contributed by atoms with van der Waals surface area (Å²) in [4.78, 5) is 0. The van der Waals surface area contributed by atoms with E-state index in [1.165, 1.54) is 0 Å². The van der Waals surface area contributed by atoms with E-state index in [2.05, 4.69) is 0 Å². The molecule has 1 N–H and O–H groups in total. The van der Waals surface area contributed by atoms with Gasteiger partial charge < -0.3 is 0 Å². The fourth-order valence-electron chi connectivity index (χ4n) is 1.95. The van der Waals surface area contributed by atoms with E-state index in [4.69, 9.17) is 4.55 Å². The summed E-state index contributed by atoms with van der Waals surface area (Å²) < 4.78 is 209. The maximum Gasteiger partial charge on any atom is 0.438 e. The van der Waals surface area contributed by atoms with Gasteiger partial charge in [0, 0.05) is 6.42 Å². The molecule has 3 nitrogen and oxygen atoms in total. The van der Waals surface area contributed by atoms with Crippen LogP contribution in [0.15, 0.2) is 0 Å². The van der Waals surface area contributed by atoms with Crippen LogP contribution in [0, 0.1) is 0 Å². The second kappa shape index (κ2) is 8.46. The zero-order valence-electron chi connectivity index (χ0n) is 14.1. The Morgan fingerprint density at radius 2 is 1.10 bits per heavy atom. The monoisotopic (exact) mass is 502 g/mol. The normalized spacial score (nSPS) is 16.6. The van der Waals surface area contributed by atoms with Gasteiger partial charge in [0.05, 0.1) is 0 Å². The summed E-state index contributed by atoms with van der Waals surface area (Å²) in [5.74, 6) is -30.2. The van der Waals surface area contributed by atoms with Crippen molar-refractivity contribution < 1.29 is 74.4 Å². The average Bonchev–Trinajstić information content (AvgIpc) is 2.51. The Bertz CT molecular complexity index is 685. The van der Waals surface area contributed by atoms with Gasteiger partial charge in [-0.25, -0.2) is 4.39 Å². The van der Waals surface area contributed by atoms with Crippen LogP contribution in [0.3, 0.4) is 0 Å². The molecule has 0 aromatic carbocycles. The third-order valence-corrected chi connectivity index (χ3v) is 4.61. The maximum absolute atomic E-state index is 13.4. The maximum atomic E-state index is 13.4. The molecule has 0 heterocycles. The minimum atomic E-state index is -7.91. The van der Waals surface area contributed by atoms with Crippen molar-refractivity contribution in [2.45, 2.75) is 73.4 Å². The van der Waals surface area contributed by atoms with E-state index >= 15 is 0 Å². The van der Waals surface area contributed by atoms with Crippen molar-refractivity contribution in [2.75, 3.05) is 0 Å². The lowest BCUT2D eigenvalue weighted by atomic mass is 9.93. The van der Waals surface area contributed by atoms with E-state index in [0.717, 1.165) is 0 Å². The lowest BCUT2D eigenvalue weighted by molar-refractivity contribution is -0.397. The molecule has 30 heavy (non-hydrogen) atoms. The van der Waals surface area contributed by atoms with Crippen LogP contribution < -0.4 is 0 Å². The highest BCUT2D eigenvalue weighted by Gasteiger charge is 2.89. The van der Waals surface area contributed by atoms with E-state index in [-0.39, 0.29) is 0 Å². The molecule has 0 saturated heterocycles. The van der Waals surface area contributed by atoms with Crippen LogP contribution >= 0.6 is 0 Å². The van der Waals surface area contributed by atoms with Gasteiger partial charge in [-0.15, -0.1) is 0 Å². The van der Waals surface area contributed by atoms with Crippen molar-refractivity contribution in [3.8, 4) is 0 Å². The van der Waals surface area contributed by atoms with Crippen LogP contribution in [0.25, 0.3) is 0 Å². The fraction of sp³-hybridized carbons (Fsp3) is 1.00. The molecule has 0 radical (unpaired) electrons.